The number of likely N-dealkylation sites (N-methyl/N-ethyl adjacent to an activating group) is 1. The van der Waals surface area contributed by atoms with Crippen molar-refractivity contribution in [1.82, 2.24) is 14.7 Å². The fourth-order valence-electron chi connectivity index (χ4n) is 3.10. The van der Waals surface area contributed by atoms with Crippen LogP contribution in [0.1, 0.15) is 39.5 Å². The van der Waals surface area contributed by atoms with Gasteiger partial charge < -0.3 is 14.7 Å². The SMILES string of the molecule is CCC(=O)N1CCCCC1C(=O)N1CC(=O)N(C)C(C)C1. The molecule has 0 aromatic rings. The summed E-state index contributed by atoms with van der Waals surface area (Å²) < 4.78 is 0. The predicted molar refractivity (Wildman–Crippen MR) is 78.5 cm³/mol. The average molecular weight is 295 g/mol. The van der Waals surface area contributed by atoms with E-state index in [1.165, 1.54) is 0 Å². The summed E-state index contributed by atoms with van der Waals surface area (Å²) in [6.45, 7) is 5.09. The van der Waals surface area contributed by atoms with Gasteiger partial charge in [0.2, 0.25) is 17.7 Å². The zero-order valence-electron chi connectivity index (χ0n) is 13.2. The molecule has 0 bridgehead atoms. The zero-order chi connectivity index (χ0) is 15.6. The van der Waals surface area contributed by atoms with Crippen molar-refractivity contribution >= 4 is 17.7 Å². The summed E-state index contributed by atoms with van der Waals surface area (Å²) in [6.07, 6.45) is 3.04. The fraction of sp³-hybridized carbons (Fsp3) is 0.800. The van der Waals surface area contributed by atoms with E-state index < -0.39 is 0 Å². The van der Waals surface area contributed by atoms with Crippen molar-refractivity contribution in [2.24, 2.45) is 0 Å². The molecule has 0 saturated carbocycles. The Labute approximate surface area is 126 Å². The van der Waals surface area contributed by atoms with Crippen LogP contribution in [-0.4, -0.2) is 71.2 Å². The normalized spacial score (nSPS) is 27.0. The molecule has 2 aliphatic heterocycles. The summed E-state index contributed by atoms with van der Waals surface area (Å²) in [5.41, 5.74) is 0. The summed E-state index contributed by atoms with van der Waals surface area (Å²) in [4.78, 5) is 41.7. The van der Waals surface area contributed by atoms with Gasteiger partial charge in [-0.1, -0.05) is 6.92 Å². The van der Waals surface area contributed by atoms with Crippen LogP contribution >= 0.6 is 0 Å². The van der Waals surface area contributed by atoms with E-state index in [-0.39, 0.29) is 36.3 Å². The van der Waals surface area contributed by atoms with E-state index in [9.17, 15) is 14.4 Å². The van der Waals surface area contributed by atoms with Crippen LogP contribution in [0.15, 0.2) is 0 Å². The maximum absolute atomic E-state index is 12.7. The second kappa shape index (κ2) is 6.45. The zero-order valence-corrected chi connectivity index (χ0v) is 13.2. The van der Waals surface area contributed by atoms with Crippen LogP contribution in [0.4, 0.5) is 0 Å². The van der Waals surface area contributed by atoms with E-state index in [0.717, 1.165) is 12.8 Å². The minimum atomic E-state index is -0.380. The van der Waals surface area contributed by atoms with E-state index in [1.54, 1.807) is 21.7 Å². The standard InChI is InChI=1S/C15H25N3O3/c1-4-13(19)18-8-6-5-7-12(18)15(21)17-9-11(2)16(3)14(20)10-17/h11-12H,4-10H2,1-3H3. The molecule has 0 aromatic heterocycles. The van der Waals surface area contributed by atoms with E-state index in [2.05, 4.69) is 0 Å². The molecule has 6 nitrogen and oxygen atoms in total. The summed E-state index contributed by atoms with van der Waals surface area (Å²) in [5, 5.41) is 0. The van der Waals surface area contributed by atoms with Crippen molar-refractivity contribution in [2.75, 3.05) is 26.7 Å². The Hall–Kier alpha value is -1.59. The highest BCUT2D eigenvalue weighted by atomic mass is 16.2. The number of hydrogen-bond acceptors (Lipinski definition) is 3. The molecule has 2 saturated heterocycles. The average Bonchev–Trinajstić information content (AvgIpc) is 2.50. The Morgan fingerprint density at radius 2 is 2.00 bits per heavy atom. The lowest BCUT2D eigenvalue weighted by Gasteiger charge is -2.42. The van der Waals surface area contributed by atoms with Gasteiger partial charge in [0.15, 0.2) is 0 Å². The first-order valence-electron chi connectivity index (χ1n) is 7.79. The fourth-order valence-corrected chi connectivity index (χ4v) is 3.10. The number of piperidine rings is 1. The van der Waals surface area contributed by atoms with Gasteiger partial charge >= 0.3 is 0 Å². The molecular weight excluding hydrogens is 270 g/mol. The third-order valence-corrected chi connectivity index (χ3v) is 4.59. The molecule has 118 valence electrons. The van der Waals surface area contributed by atoms with Crippen LogP contribution in [0, 0.1) is 0 Å². The van der Waals surface area contributed by atoms with Gasteiger partial charge in [-0.2, -0.15) is 0 Å². The Kier molecular flexibility index (Phi) is 4.85. The highest BCUT2D eigenvalue weighted by Gasteiger charge is 2.37. The van der Waals surface area contributed by atoms with Gasteiger partial charge in [0.25, 0.3) is 0 Å². The van der Waals surface area contributed by atoms with Gasteiger partial charge in [0, 0.05) is 32.6 Å². The Morgan fingerprint density at radius 3 is 2.62 bits per heavy atom. The smallest absolute Gasteiger partial charge is 0.245 e. The topological polar surface area (TPSA) is 60.9 Å². The molecule has 0 aromatic carbocycles. The molecule has 2 unspecified atom stereocenters. The summed E-state index contributed by atoms with van der Waals surface area (Å²) in [6, 6.07) is -0.358. The summed E-state index contributed by atoms with van der Waals surface area (Å²) in [7, 11) is 1.77. The van der Waals surface area contributed by atoms with Crippen LogP contribution in [-0.2, 0) is 14.4 Å². The highest BCUT2D eigenvalue weighted by Crippen LogP contribution is 2.21. The Bertz CT molecular complexity index is 438. The second-order valence-electron chi connectivity index (χ2n) is 6.02. The monoisotopic (exact) mass is 295 g/mol. The number of carbonyl (C=O) groups excluding carboxylic acids is 3. The first-order chi connectivity index (χ1) is 9.95. The maximum atomic E-state index is 12.7. The van der Waals surface area contributed by atoms with Crippen molar-refractivity contribution in [1.29, 1.82) is 0 Å². The number of likely N-dealkylation sites (tertiary alicyclic amines) is 1. The number of carbonyl (C=O) groups is 3. The lowest BCUT2D eigenvalue weighted by atomic mass is 9.99. The molecule has 0 aliphatic carbocycles. The van der Waals surface area contributed by atoms with Gasteiger partial charge in [0.05, 0.1) is 6.54 Å². The lowest BCUT2D eigenvalue weighted by Crippen LogP contribution is -2.60. The summed E-state index contributed by atoms with van der Waals surface area (Å²) in [5.74, 6) is -0.0716. The van der Waals surface area contributed by atoms with Crippen molar-refractivity contribution in [3.63, 3.8) is 0 Å². The lowest BCUT2D eigenvalue weighted by molar-refractivity contribution is -0.154. The van der Waals surface area contributed by atoms with E-state index in [4.69, 9.17) is 0 Å². The molecule has 2 rings (SSSR count). The number of piperazine rings is 1. The molecule has 6 heteroatoms. The third kappa shape index (κ3) is 3.19. The van der Waals surface area contributed by atoms with Crippen molar-refractivity contribution in [3.05, 3.63) is 0 Å². The van der Waals surface area contributed by atoms with E-state index in [0.29, 0.717) is 25.9 Å². The minimum Gasteiger partial charge on any atom is -0.340 e. The second-order valence-corrected chi connectivity index (χ2v) is 6.02. The number of rotatable bonds is 2. The van der Waals surface area contributed by atoms with Gasteiger partial charge in [-0.3, -0.25) is 14.4 Å². The van der Waals surface area contributed by atoms with E-state index in [1.807, 2.05) is 13.8 Å². The largest absolute Gasteiger partial charge is 0.340 e. The molecule has 2 heterocycles. The van der Waals surface area contributed by atoms with Crippen molar-refractivity contribution in [3.8, 4) is 0 Å². The Balaban J connectivity index is 2.10. The van der Waals surface area contributed by atoms with Crippen molar-refractivity contribution in [2.45, 2.75) is 51.6 Å². The first kappa shape index (κ1) is 15.8. The summed E-state index contributed by atoms with van der Waals surface area (Å²) >= 11 is 0. The minimum absolute atomic E-state index is 0.0223. The van der Waals surface area contributed by atoms with Gasteiger partial charge in [-0.25, -0.2) is 0 Å². The molecule has 0 spiro atoms. The predicted octanol–water partition coefficient (Wildman–Crippen LogP) is 0.467. The van der Waals surface area contributed by atoms with Gasteiger partial charge in [-0.05, 0) is 26.2 Å². The molecule has 2 aliphatic rings. The quantitative estimate of drug-likeness (QED) is 0.744. The number of hydrogen-bond donors (Lipinski definition) is 0. The first-order valence-corrected chi connectivity index (χ1v) is 7.79. The van der Waals surface area contributed by atoms with Crippen LogP contribution in [0.25, 0.3) is 0 Å². The molecule has 0 radical (unpaired) electrons. The van der Waals surface area contributed by atoms with Crippen LogP contribution in [0.5, 0.6) is 0 Å². The van der Waals surface area contributed by atoms with Crippen LogP contribution in [0.3, 0.4) is 0 Å². The molecule has 2 atom stereocenters. The Morgan fingerprint density at radius 1 is 1.29 bits per heavy atom. The number of nitrogens with zero attached hydrogens (tertiary/aromatic N) is 3. The van der Waals surface area contributed by atoms with Crippen LogP contribution < -0.4 is 0 Å². The number of amides is 3. The maximum Gasteiger partial charge on any atom is 0.245 e. The van der Waals surface area contributed by atoms with Crippen LogP contribution in [0.2, 0.25) is 0 Å². The third-order valence-electron chi connectivity index (χ3n) is 4.59. The highest BCUT2D eigenvalue weighted by molar-refractivity contribution is 5.91. The van der Waals surface area contributed by atoms with Crippen molar-refractivity contribution < 1.29 is 14.4 Å². The van der Waals surface area contributed by atoms with Gasteiger partial charge in [0.1, 0.15) is 6.04 Å². The van der Waals surface area contributed by atoms with Gasteiger partial charge in [-0.15, -0.1) is 0 Å². The molecule has 0 N–H and O–H groups in total. The molecule has 21 heavy (non-hydrogen) atoms. The molecular formula is C15H25N3O3. The molecule has 3 amide bonds. The molecule has 2 fully saturated rings. The van der Waals surface area contributed by atoms with E-state index >= 15 is 0 Å².